The van der Waals surface area contributed by atoms with E-state index in [9.17, 15) is 4.39 Å². The lowest BCUT2D eigenvalue weighted by molar-refractivity contribution is 0.610. The zero-order valence-electron chi connectivity index (χ0n) is 10.4. The molecule has 0 radical (unpaired) electrons. The van der Waals surface area contributed by atoms with E-state index in [1.165, 1.54) is 24.8 Å². The molecule has 1 nitrogen and oxygen atoms in total. The van der Waals surface area contributed by atoms with Crippen LogP contribution in [-0.4, -0.2) is 13.1 Å². The molecule has 1 rings (SSSR count). The number of aryl methyl sites for hydroxylation is 2. The molecule has 0 saturated carbocycles. The third-order valence-electron chi connectivity index (χ3n) is 2.72. The van der Waals surface area contributed by atoms with Crippen molar-refractivity contribution >= 4 is 0 Å². The van der Waals surface area contributed by atoms with Crippen molar-refractivity contribution < 1.29 is 4.39 Å². The van der Waals surface area contributed by atoms with Crippen LogP contribution in [0.25, 0.3) is 0 Å². The summed E-state index contributed by atoms with van der Waals surface area (Å²) in [6.45, 7) is 6.19. The molecule has 0 aliphatic rings. The minimum atomic E-state index is -0.103. The maximum Gasteiger partial charge on any atom is 0.126 e. The van der Waals surface area contributed by atoms with Crippen molar-refractivity contribution in [1.29, 1.82) is 0 Å². The monoisotopic (exact) mass is 223 g/mol. The smallest absolute Gasteiger partial charge is 0.126 e. The highest BCUT2D eigenvalue weighted by atomic mass is 19.1. The molecular weight excluding hydrogens is 201 g/mol. The van der Waals surface area contributed by atoms with Gasteiger partial charge in [0.05, 0.1) is 0 Å². The van der Waals surface area contributed by atoms with E-state index in [-0.39, 0.29) is 5.82 Å². The molecule has 2 heteroatoms. The molecule has 0 unspecified atom stereocenters. The van der Waals surface area contributed by atoms with Gasteiger partial charge in [0.1, 0.15) is 5.82 Å². The maximum atomic E-state index is 13.0. The zero-order valence-corrected chi connectivity index (χ0v) is 10.4. The van der Waals surface area contributed by atoms with Crippen molar-refractivity contribution in [3.8, 4) is 0 Å². The van der Waals surface area contributed by atoms with Gasteiger partial charge in [0.15, 0.2) is 0 Å². The molecule has 1 N–H and O–H groups in total. The van der Waals surface area contributed by atoms with E-state index in [2.05, 4.69) is 12.2 Å². The third kappa shape index (κ3) is 4.75. The summed E-state index contributed by atoms with van der Waals surface area (Å²) >= 11 is 0. The molecule has 0 saturated heterocycles. The van der Waals surface area contributed by atoms with Gasteiger partial charge >= 0.3 is 0 Å². The lowest BCUT2D eigenvalue weighted by Gasteiger charge is -2.04. The third-order valence-corrected chi connectivity index (χ3v) is 2.72. The van der Waals surface area contributed by atoms with Gasteiger partial charge in [0.2, 0.25) is 0 Å². The lowest BCUT2D eigenvalue weighted by atomic mass is 10.1. The number of benzene rings is 1. The largest absolute Gasteiger partial charge is 0.317 e. The molecule has 0 aromatic heterocycles. The van der Waals surface area contributed by atoms with Crippen LogP contribution in [0, 0.1) is 12.7 Å². The molecule has 0 amide bonds. The van der Waals surface area contributed by atoms with Crippen LogP contribution >= 0.6 is 0 Å². The highest BCUT2D eigenvalue weighted by Gasteiger charge is 1.98. The summed E-state index contributed by atoms with van der Waals surface area (Å²) in [6, 6.07) is 5.41. The van der Waals surface area contributed by atoms with Crippen molar-refractivity contribution in [2.45, 2.75) is 39.5 Å². The first kappa shape index (κ1) is 13.2. The molecule has 90 valence electrons. The van der Waals surface area contributed by atoms with Gasteiger partial charge in [-0.1, -0.05) is 19.1 Å². The van der Waals surface area contributed by atoms with Crippen molar-refractivity contribution in [3.63, 3.8) is 0 Å². The van der Waals surface area contributed by atoms with Crippen LogP contribution in [-0.2, 0) is 6.42 Å². The maximum absolute atomic E-state index is 13.0. The van der Waals surface area contributed by atoms with Crippen molar-refractivity contribution in [1.82, 2.24) is 5.32 Å². The number of nitrogens with one attached hydrogen (secondary N) is 1. The van der Waals surface area contributed by atoms with E-state index >= 15 is 0 Å². The topological polar surface area (TPSA) is 12.0 Å². The minimum absolute atomic E-state index is 0.103. The summed E-state index contributed by atoms with van der Waals surface area (Å²) in [6.07, 6.45) is 4.60. The second kappa shape index (κ2) is 7.39. The molecule has 0 bridgehead atoms. The number of unbranched alkanes of at least 4 members (excludes halogenated alkanes) is 1. The normalized spacial score (nSPS) is 10.7. The number of hydrogen-bond acceptors (Lipinski definition) is 1. The Bertz CT molecular complexity index is 310. The fourth-order valence-electron chi connectivity index (χ4n) is 1.74. The van der Waals surface area contributed by atoms with E-state index in [0.717, 1.165) is 25.1 Å². The highest BCUT2D eigenvalue weighted by Crippen LogP contribution is 2.11. The van der Waals surface area contributed by atoms with E-state index in [1.54, 1.807) is 6.07 Å². The molecule has 0 spiro atoms. The van der Waals surface area contributed by atoms with Gasteiger partial charge in [0, 0.05) is 0 Å². The molecule has 1 aromatic rings. The van der Waals surface area contributed by atoms with Crippen molar-refractivity contribution in [2.24, 2.45) is 0 Å². The van der Waals surface area contributed by atoms with Crippen LogP contribution in [0.4, 0.5) is 4.39 Å². The Kier molecular flexibility index (Phi) is 6.09. The zero-order chi connectivity index (χ0) is 11.8. The van der Waals surface area contributed by atoms with Crippen LogP contribution in [0.1, 0.15) is 37.3 Å². The van der Waals surface area contributed by atoms with Gasteiger partial charge in [-0.05, 0) is 62.9 Å². The fraction of sp³-hybridized carbons (Fsp3) is 0.571. The van der Waals surface area contributed by atoms with E-state index < -0.39 is 0 Å². The van der Waals surface area contributed by atoms with Crippen LogP contribution in [0.3, 0.4) is 0 Å². The molecule has 0 aliphatic carbocycles. The number of halogens is 1. The highest BCUT2D eigenvalue weighted by molar-refractivity contribution is 5.23. The molecule has 0 fully saturated rings. The first-order valence-corrected chi connectivity index (χ1v) is 6.19. The Labute approximate surface area is 98.1 Å². The quantitative estimate of drug-likeness (QED) is 0.698. The summed E-state index contributed by atoms with van der Waals surface area (Å²) in [5.74, 6) is -0.103. The summed E-state index contributed by atoms with van der Waals surface area (Å²) in [5.41, 5.74) is 2.00. The Morgan fingerprint density at radius 2 is 2.00 bits per heavy atom. The van der Waals surface area contributed by atoms with Gasteiger partial charge in [-0.3, -0.25) is 0 Å². The molecular formula is C14H22FN. The summed E-state index contributed by atoms with van der Waals surface area (Å²) in [5, 5.41) is 3.38. The van der Waals surface area contributed by atoms with Gasteiger partial charge in [-0.25, -0.2) is 4.39 Å². The van der Waals surface area contributed by atoms with Crippen molar-refractivity contribution in [2.75, 3.05) is 13.1 Å². The number of hydrogen-bond donors (Lipinski definition) is 1. The predicted octanol–water partition coefficient (Wildman–Crippen LogP) is 3.46. The predicted molar refractivity (Wildman–Crippen MR) is 67.2 cm³/mol. The second-order valence-electron chi connectivity index (χ2n) is 4.29. The van der Waals surface area contributed by atoms with Crippen LogP contribution < -0.4 is 5.32 Å². The average molecular weight is 223 g/mol. The standard InChI is InChI=1S/C14H22FN/c1-3-9-16-10-5-4-6-13-7-8-14(15)12(2)11-13/h7-8,11,16H,3-6,9-10H2,1-2H3. The minimum Gasteiger partial charge on any atom is -0.317 e. The SMILES string of the molecule is CCCNCCCCc1ccc(F)c(C)c1. The first-order valence-electron chi connectivity index (χ1n) is 6.19. The molecule has 0 aliphatic heterocycles. The van der Waals surface area contributed by atoms with Gasteiger partial charge < -0.3 is 5.32 Å². The molecule has 0 heterocycles. The Hall–Kier alpha value is -0.890. The average Bonchev–Trinajstić information content (AvgIpc) is 2.28. The molecule has 16 heavy (non-hydrogen) atoms. The first-order chi connectivity index (χ1) is 7.74. The molecule has 0 atom stereocenters. The summed E-state index contributed by atoms with van der Waals surface area (Å²) < 4.78 is 13.0. The second-order valence-corrected chi connectivity index (χ2v) is 4.29. The van der Waals surface area contributed by atoms with Crippen LogP contribution in [0.2, 0.25) is 0 Å². The lowest BCUT2D eigenvalue weighted by Crippen LogP contribution is -2.15. The van der Waals surface area contributed by atoms with Crippen molar-refractivity contribution in [3.05, 3.63) is 35.1 Å². The fourth-order valence-corrected chi connectivity index (χ4v) is 1.74. The number of rotatable bonds is 7. The Morgan fingerprint density at radius 3 is 2.69 bits per heavy atom. The van der Waals surface area contributed by atoms with Gasteiger partial charge in [-0.15, -0.1) is 0 Å². The Balaban J connectivity index is 2.19. The summed E-state index contributed by atoms with van der Waals surface area (Å²) in [7, 11) is 0. The molecule has 1 aromatic carbocycles. The van der Waals surface area contributed by atoms with E-state index in [0.29, 0.717) is 0 Å². The van der Waals surface area contributed by atoms with E-state index in [1.807, 2.05) is 19.1 Å². The van der Waals surface area contributed by atoms with E-state index in [4.69, 9.17) is 0 Å². The van der Waals surface area contributed by atoms with Crippen LogP contribution in [0.5, 0.6) is 0 Å². The summed E-state index contributed by atoms with van der Waals surface area (Å²) in [4.78, 5) is 0. The van der Waals surface area contributed by atoms with Gasteiger partial charge in [0.25, 0.3) is 0 Å². The Morgan fingerprint density at radius 1 is 1.19 bits per heavy atom. The van der Waals surface area contributed by atoms with Crippen LogP contribution in [0.15, 0.2) is 18.2 Å². The van der Waals surface area contributed by atoms with Gasteiger partial charge in [-0.2, -0.15) is 0 Å².